The molecule has 0 N–H and O–H groups in total. The van der Waals surface area contributed by atoms with Gasteiger partial charge >= 0.3 is 21.7 Å². The molecule has 0 unspecified atom stereocenters. The van der Waals surface area contributed by atoms with Crippen LogP contribution in [-0.4, -0.2) is 0 Å². The Morgan fingerprint density at radius 1 is 0.684 bits per heavy atom. The van der Waals surface area contributed by atoms with Gasteiger partial charge in [0.05, 0.1) is 0 Å². The average molecular weight is 620 g/mol. The molecule has 0 radical (unpaired) electrons. The molecule has 0 aliphatic rings. The molecular weight excluding hydrogens is 609 g/mol. The summed E-state index contributed by atoms with van der Waals surface area (Å²) < 4.78 is 0. The van der Waals surface area contributed by atoms with E-state index in [1.807, 2.05) is 6.07 Å². The van der Waals surface area contributed by atoms with Crippen LogP contribution in [0.3, 0.4) is 0 Å². The third kappa shape index (κ3) is 5.34. The molecule has 4 heteroatoms. The molecular formula is C15H11I3Ti. The topological polar surface area (TPSA) is 0 Å². The fraction of sp³-hybridized carbons (Fsp3) is 0. The summed E-state index contributed by atoms with van der Waals surface area (Å²) in [6.45, 7) is 0. The monoisotopic (exact) mass is 620 g/mol. The molecule has 0 amide bonds. The van der Waals surface area contributed by atoms with Crippen molar-refractivity contribution in [3.05, 3.63) is 66.7 Å². The van der Waals surface area contributed by atoms with Crippen LogP contribution in [0.4, 0.5) is 0 Å². The SMILES string of the molecule is [I-].[I-].[I-].[Ti+4].c1ccc(-c2cc3ccccc3[cH-]2)cc1. The first-order valence-electron chi connectivity index (χ1n) is 5.14. The van der Waals surface area contributed by atoms with Crippen molar-refractivity contribution in [1.29, 1.82) is 0 Å². The van der Waals surface area contributed by atoms with E-state index in [2.05, 4.69) is 60.7 Å². The minimum atomic E-state index is 0. The van der Waals surface area contributed by atoms with Gasteiger partial charge in [0.2, 0.25) is 0 Å². The van der Waals surface area contributed by atoms with Crippen LogP contribution < -0.4 is 71.9 Å². The molecule has 3 aromatic rings. The van der Waals surface area contributed by atoms with Crippen LogP contribution in [0.2, 0.25) is 0 Å². The zero-order chi connectivity index (χ0) is 10.1. The molecule has 0 saturated heterocycles. The van der Waals surface area contributed by atoms with Crippen molar-refractivity contribution >= 4 is 10.8 Å². The van der Waals surface area contributed by atoms with E-state index >= 15 is 0 Å². The predicted octanol–water partition coefficient (Wildman–Crippen LogP) is -4.76. The molecule has 0 aromatic heterocycles. The Kier molecular flexibility index (Phi) is 12.5. The van der Waals surface area contributed by atoms with Crippen molar-refractivity contribution in [3.8, 4) is 11.1 Å². The Bertz CT molecular complexity index is 557. The van der Waals surface area contributed by atoms with E-state index < -0.39 is 0 Å². The number of fused-ring (bicyclic) bond motifs is 1. The maximum atomic E-state index is 2.24. The fourth-order valence-corrected chi connectivity index (χ4v) is 1.95. The summed E-state index contributed by atoms with van der Waals surface area (Å²) in [7, 11) is 0. The molecule has 96 valence electrons. The van der Waals surface area contributed by atoms with Crippen LogP contribution in [-0.2, 0) is 21.7 Å². The molecule has 0 heterocycles. The summed E-state index contributed by atoms with van der Waals surface area (Å²) in [4.78, 5) is 0. The van der Waals surface area contributed by atoms with Crippen molar-refractivity contribution in [2.45, 2.75) is 0 Å². The molecule has 3 aromatic carbocycles. The summed E-state index contributed by atoms with van der Waals surface area (Å²) >= 11 is 0. The first-order chi connectivity index (χ1) is 7.43. The molecule has 3 rings (SSSR count). The molecule has 0 atom stereocenters. The Balaban J connectivity index is 0. The minimum absolute atomic E-state index is 0. The Morgan fingerprint density at radius 3 is 1.89 bits per heavy atom. The number of halogens is 3. The maximum absolute atomic E-state index is 2.24. The van der Waals surface area contributed by atoms with Gasteiger partial charge < -0.3 is 71.9 Å². The van der Waals surface area contributed by atoms with E-state index in [1.165, 1.54) is 21.9 Å². The normalized spacial score (nSPS) is 8.42. The van der Waals surface area contributed by atoms with E-state index in [-0.39, 0.29) is 93.6 Å². The average Bonchev–Trinajstić information content (AvgIpc) is 2.74. The minimum Gasteiger partial charge on any atom is -1.00 e. The number of hydrogen-bond donors (Lipinski definition) is 0. The van der Waals surface area contributed by atoms with Crippen molar-refractivity contribution in [3.63, 3.8) is 0 Å². The van der Waals surface area contributed by atoms with Gasteiger partial charge in [0, 0.05) is 0 Å². The van der Waals surface area contributed by atoms with E-state index in [0.29, 0.717) is 0 Å². The van der Waals surface area contributed by atoms with E-state index in [9.17, 15) is 0 Å². The summed E-state index contributed by atoms with van der Waals surface area (Å²) in [5.74, 6) is 0. The predicted molar refractivity (Wildman–Crippen MR) is 65.0 cm³/mol. The largest absolute Gasteiger partial charge is 4.00 e. The van der Waals surface area contributed by atoms with Gasteiger partial charge in [-0.25, -0.2) is 0 Å². The Hall–Kier alpha value is 0.954. The molecule has 0 saturated carbocycles. The van der Waals surface area contributed by atoms with Crippen LogP contribution in [0.5, 0.6) is 0 Å². The zero-order valence-corrected chi connectivity index (χ0v) is 18.0. The maximum Gasteiger partial charge on any atom is 4.00 e. The summed E-state index contributed by atoms with van der Waals surface area (Å²) in [5.41, 5.74) is 2.59. The van der Waals surface area contributed by atoms with Gasteiger partial charge in [0.1, 0.15) is 0 Å². The second kappa shape index (κ2) is 10.6. The first kappa shape index (κ1) is 22.2. The van der Waals surface area contributed by atoms with E-state index in [4.69, 9.17) is 0 Å². The van der Waals surface area contributed by atoms with E-state index in [1.54, 1.807) is 0 Å². The van der Waals surface area contributed by atoms with Crippen molar-refractivity contribution < 1.29 is 93.6 Å². The summed E-state index contributed by atoms with van der Waals surface area (Å²) in [6.07, 6.45) is 0. The van der Waals surface area contributed by atoms with Crippen LogP contribution in [0, 0.1) is 0 Å². The van der Waals surface area contributed by atoms with Gasteiger partial charge in [-0.2, -0.15) is 0 Å². The van der Waals surface area contributed by atoms with Crippen LogP contribution in [0.25, 0.3) is 21.9 Å². The van der Waals surface area contributed by atoms with Gasteiger partial charge in [-0.05, 0) is 0 Å². The van der Waals surface area contributed by atoms with E-state index in [0.717, 1.165) is 0 Å². The molecule has 0 spiro atoms. The zero-order valence-electron chi connectivity index (χ0n) is 9.98. The van der Waals surface area contributed by atoms with Crippen molar-refractivity contribution in [2.75, 3.05) is 0 Å². The quantitative estimate of drug-likeness (QED) is 0.146. The van der Waals surface area contributed by atoms with Crippen molar-refractivity contribution in [1.82, 2.24) is 0 Å². The third-order valence-electron chi connectivity index (χ3n) is 2.73. The second-order valence-corrected chi connectivity index (χ2v) is 3.74. The molecule has 0 nitrogen and oxygen atoms in total. The van der Waals surface area contributed by atoms with Gasteiger partial charge in [-0.1, -0.05) is 54.1 Å². The first-order valence-corrected chi connectivity index (χ1v) is 5.14. The molecule has 0 bridgehead atoms. The molecule has 0 aliphatic carbocycles. The Labute approximate surface area is 180 Å². The van der Waals surface area contributed by atoms with Gasteiger partial charge in [-0.15, -0.1) is 34.5 Å². The van der Waals surface area contributed by atoms with Crippen LogP contribution >= 0.6 is 0 Å². The second-order valence-electron chi connectivity index (χ2n) is 3.74. The molecule has 0 fully saturated rings. The summed E-state index contributed by atoms with van der Waals surface area (Å²) in [6, 6.07) is 23.4. The standard InChI is InChI=1S/C15H11.3HI.Ti/c1-2-6-12(7-3-1)15-10-13-8-4-5-9-14(13)11-15;;;;/h1-11H;3*1H;/q-1;;;;+4/p-3. The molecule has 0 aliphatic heterocycles. The molecule has 19 heavy (non-hydrogen) atoms. The smallest absolute Gasteiger partial charge is 1.00 e. The number of rotatable bonds is 1. The fourth-order valence-electron chi connectivity index (χ4n) is 1.95. The number of benzene rings is 2. The van der Waals surface area contributed by atoms with Crippen molar-refractivity contribution in [2.24, 2.45) is 0 Å². The van der Waals surface area contributed by atoms with Gasteiger partial charge in [-0.3, -0.25) is 0 Å². The summed E-state index contributed by atoms with van der Waals surface area (Å²) in [5, 5.41) is 2.63. The van der Waals surface area contributed by atoms with Crippen LogP contribution in [0.1, 0.15) is 0 Å². The Morgan fingerprint density at radius 2 is 1.26 bits per heavy atom. The van der Waals surface area contributed by atoms with Gasteiger partial charge in [0.25, 0.3) is 0 Å². The van der Waals surface area contributed by atoms with Gasteiger partial charge in [0.15, 0.2) is 0 Å². The van der Waals surface area contributed by atoms with Crippen LogP contribution in [0.15, 0.2) is 66.7 Å². The number of hydrogen-bond acceptors (Lipinski definition) is 0. The third-order valence-corrected chi connectivity index (χ3v) is 2.73.